The Morgan fingerprint density at radius 3 is 2.14 bits per heavy atom. The number of aromatic nitrogens is 2. The van der Waals surface area contributed by atoms with Gasteiger partial charge in [-0.1, -0.05) is 57.5 Å². The average Bonchev–Trinajstić information content (AvgIpc) is 2.56. The lowest BCUT2D eigenvalue weighted by Gasteiger charge is -2.12. The maximum atomic E-state index is 12.6. The van der Waals surface area contributed by atoms with E-state index in [1.54, 1.807) is 4.57 Å². The van der Waals surface area contributed by atoms with E-state index in [1.807, 2.05) is 61.5 Å². The highest BCUT2D eigenvalue weighted by atomic mass is 16.1. The van der Waals surface area contributed by atoms with Crippen LogP contribution in [-0.4, -0.2) is 9.55 Å². The van der Waals surface area contributed by atoms with Gasteiger partial charge in [0.1, 0.15) is 5.82 Å². The van der Waals surface area contributed by atoms with Crippen LogP contribution in [0, 0.1) is 0 Å². The quantitative estimate of drug-likeness (QED) is 0.703. The van der Waals surface area contributed by atoms with Crippen LogP contribution >= 0.6 is 0 Å². The number of para-hydroxylation sites is 2. The van der Waals surface area contributed by atoms with Gasteiger partial charge in [-0.3, -0.25) is 9.36 Å². The van der Waals surface area contributed by atoms with E-state index in [0.717, 1.165) is 23.4 Å². The smallest absolute Gasteiger partial charge is 0.265 e. The van der Waals surface area contributed by atoms with Crippen molar-refractivity contribution in [3.8, 4) is 5.69 Å². The zero-order chi connectivity index (χ0) is 15.9. The van der Waals surface area contributed by atoms with E-state index in [-0.39, 0.29) is 5.56 Å². The Bertz CT molecular complexity index is 791. The first kappa shape index (κ1) is 16.0. The van der Waals surface area contributed by atoms with Crippen molar-refractivity contribution in [2.45, 2.75) is 33.6 Å². The number of nitrogens with zero attached hydrogens (tertiary/aromatic N) is 2. The molecule has 0 saturated carbocycles. The van der Waals surface area contributed by atoms with Crippen molar-refractivity contribution in [3.63, 3.8) is 0 Å². The third-order valence-electron chi connectivity index (χ3n) is 3.18. The second-order valence-corrected chi connectivity index (χ2v) is 5.08. The van der Waals surface area contributed by atoms with Gasteiger partial charge in [0.15, 0.2) is 0 Å². The van der Waals surface area contributed by atoms with Crippen molar-refractivity contribution in [2.75, 3.05) is 0 Å². The van der Waals surface area contributed by atoms with E-state index in [1.165, 1.54) is 6.42 Å². The van der Waals surface area contributed by atoms with Gasteiger partial charge in [-0.2, -0.15) is 0 Å². The summed E-state index contributed by atoms with van der Waals surface area (Å²) in [6.07, 6.45) is 1.97. The summed E-state index contributed by atoms with van der Waals surface area (Å²) in [6, 6.07) is 17.1. The molecule has 0 aliphatic rings. The van der Waals surface area contributed by atoms with Crippen LogP contribution in [0.25, 0.3) is 16.6 Å². The summed E-state index contributed by atoms with van der Waals surface area (Å²) >= 11 is 0. The molecular weight excluding hydrogens is 272 g/mol. The molecule has 3 rings (SSSR count). The van der Waals surface area contributed by atoms with E-state index >= 15 is 0 Å². The number of fused-ring (bicyclic) bond motifs is 1. The highest BCUT2D eigenvalue weighted by Gasteiger charge is 2.10. The number of hydrogen-bond donors (Lipinski definition) is 0. The van der Waals surface area contributed by atoms with Crippen LogP contribution in [-0.2, 0) is 6.42 Å². The molecule has 1 heterocycles. The van der Waals surface area contributed by atoms with Crippen molar-refractivity contribution >= 4 is 10.9 Å². The monoisotopic (exact) mass is 294 g/mol. The highest BCUT2D eigenvalue weighted by Crippen LogP contribution is 2.12. The molecule has 0 bridgehead atoms. The molecule has 3 aromatic rings. The second-order valence-electron chi connectivity index (χ2n) is 5.08. The van der Waals surface area contributed by atoms with Crippen molar-refractivity contribution in [1.29, 1.82) is 0 Å². The molecule has 0 fully saturated rings. The minimum atomic E-state index is -0.00588. The SMILES string of the molecule is CCC.CCc1nc2ccccc2c(=O)n1-c1ccccc1. The number of hydrogen-bond acceptors (Lipinski definition) is 2. The molecule has 1 aromatic heterocycles. The van der Waals surface area contributed by atoms with Gasteiger partial charge in [0.25, 0.3) is 5.56 Å². The first-order valence-corrected chi connectivity index (χ1v) is 7.79. The van der Waals surface area contributed by atoms with Gasteiger partial charge in [-0.15, -0.1) is 0 Å². The van der Waals surface area contributed by atoms with Gasteiger partial charge in [0, 0.05) is 6.42 Å². The van der Waals surface area contributed by atoms with Crippen LogP contribution in [0.4, 0.5) is 0 Å². The summed E-state index contributed by atoms with van der Waals surface area (Å²) in [6.45, 7) is 6.26. The Hall–Kier alpha value is -2.42. The summed E-state index contributed by atoms with van der Waals surface area (Å²) in [7, 11) is 0. The molecule has 0 radical (unpaired) electrons. The van der Waals surface area contributed by atoms with Gasteiger partial charge < -0.3 is 0 Å². The predicted octanol–water partition coefficient (Wildman–Crippen LogP) is 4.36. The van der Waals surface area contributed by atoms with Crippen molar-refractivity contribution < 1.29 is 0 Å². The Labute approximate surface area is 131 Å². The van der Waals surface area contributed by atoms with E-state index in [2.05, 4.69) is 18.8 Å². The lowest BCUT2D eigenvalue weighted by atomic mass is 10.2. The first-order valence-electron chi connectivity index (χ1n) is 7.79. The molecule has 0 unspecified atom stereocenters. The zero-order valence-electron chi connectivity index (χ0n) is 13.4. The Balaban J connectivity index is 0.000000545. The predicted molar refractivity (Wildman–Crippen MR) is 92.7 cm³/mol. The number of aryl methyl sites for hydroxylation is 1. The molecule has 2 aromatic carbocycles. The van der Waals surface area contributed by atoms with Crippen LogP contribution < -0.4 is 5.56 Å². The lowest BCUT2D eigenvalue weighted by molar-refractivity contribution is 0.833. The molecule has 0 N–H and O–H groups in total. The fraction of sp³-hybridized carbons (Fsp3) is 0.263. The van der Waals surface area contributed by atoms with Crippen molar-refractivity contribution in [1.82, 2.24) is 9.55 Å². The van der Waals surface area contributed by atoms with Crippen LogP contribution in [0.15, 0.2) is 59.4 Å². The molecule has 0 spiro atoms. The lowest BCUT2D eigenvalue weighted by Crippen LogP contribution is -2.23. The fourth-order valence-electron chi connectivity index (χ4n) is 2.26. The van der Waals surface area contributed by atoms with E-state index < -0.39 is 0 Å². The van der Waals surface area contributed by atoms with E-state index in [0.29, 0.717) is 5.39 Å². The number of benzene rings is 2. The van der Waals surface area contributed by atoms with Crippen LogP contribution in [0.1, 0.15) is 33.0 Å². The Morgan fingerprint density at radius 2 is 1.50 bits per heavy atom. The summed E-state index contributed by atoms with van der Waals surface area (Å²) < 4.78 is 1.70. The minimum Gasteiger partial charge on any atom is -0.268 e. The number of rotatable bonds is 2. The third kappa shape index (κ3) is 3.25. The highest BCUT2D eigenvalue weighted by molar-refractivity contribution is 5.77. The van der Waals surface area contributed by atoms with Crippen LogP contribution in [0.3, 0.4) is 0 Å². The Kier molecular flexibility index (Phi) is 5.48. The van der Waals surface area contributed by atoms with Crippen LogP contribution in [0.5, 0.6) is 0 Å². The Morgan fingerprint density at radius 1 is 0.909 bits per heavy atom. The molecule has 3 heteroatoms. The molecule has 0 aliphatic heterocycles. The summed E-state index contributed by atoms with van der Waals surface area (Å²) in [5.74, 6) is 0.787. The van der Waals surface area contributed by atoms with Gasteiger partial charge in [0.05, 0.1) is 16.6 Å². The van der Waals surface area contributed by atoms with Gasteiger partial charge >= 0.3 is 0 Å². The summed E-state index contributed by atoms with van der Waals surface area (Å²) in [5, 5.41) is 0.656. The van der Waals surface area contributed by atoms with E-state index in [4.69, 9.17) is 0 Å². The van der Waals surface area contributed by atoms with E-state index in [9.17, 15) is 4.79 Å². The van der Waals surface area contributed by atoms with Gasteiger partial charge in [-0.25, -0.2) is 4.98 Å². The fourth-order valence-corrected chi connectivity index (χ4v) is 2.26. The molecule has 3 nitrogen and oxygen atoms in total. The van der Waals surface area contributed by atoms with Gasteiger partial charge in [0.2, 0.25) is 0 Å². The molecular formula is C19H22N2O. The average molecular weight is 294 g/mol. The molecule has 114 valence electrons. The molecule has 0 amide bonds. The molecule has 0 saturated heterocycles. The maximum Gasteiger partial charge on any atom is 0.265 e. The summed E-state index contributed by atoms with van der Waals surface area (Å²) in [5.41, 5.74) is 1.62. The van der Waals surface area contributed by atoms with Crippen LogP contribution in [0.2, 0.25) is 0 Å². The maximum absolute atomic E-state index is 12.6. The topological polar surface area (TPSA) is 34.9 Å². The van der Waals surface area contributed by atoms with Crippen molar-refractivity contribution in [2.24, 2.45) is 0 Å². The first-order chi connectivity index (χ1) is 10.7. The van der Waals surface area contributed by atoms with Crippen molar-refractivity contribution in [3.05, 3.63) is 70.8 Å². The third-order valence-corrected chi connectivity index (χ3v) is 3.18. The summed E-state index contributed by atoms with van der Waals surface area (Å²) in [4.78, 5) is 17.2. The largest absolute Gasteiger partial charge is 0.268 e. The standard InChI is InChI=1S/C16H14N2O.C3H8/c1-2-15-17-14-11-7-6-10-13(14)16(19)18(15)12-8-4-3-5-9-12;1-3-2/h3-11H,2H2,1H3;3H2,1-2H3. The normalized spacial score (nSPS) is 10.1. The zero-order valence-corrected chi connectivity index (χ0v) is 13.4. The molecule has 0 atom stereocenters. The molecule has 0 aliphatic carbocycles. The van der Waals surface area contributed by atoms with Gasteiger partial charge in [-0.05, 0) is 24.3 Å². The second kappa shape index (κ2) is 7.55. The minimum absolute atomic E-state index is 0.00588. The molecule has 22 heavy (non-hydrogen) atoms.